The van der Waals surface area contributed by atoms with Gasteiger partial charge in [-0.2, -0.15) is 16.8 Å². The first-order valence-corrected chi connectivity index (χ1v) is 16.5. The third kappa shape index (κ3) is 7.17. The van der Waals surface area contributed by atoms with Crippen LogP contribution < -0.4 is 0 Å². The number of esters is 3. The van der Waals surface area contributed by atoms with Crippen LogP contribution in [0.3, 0.4) is 0 Å². The van der Waals surface area contributed by atoms with Gasteiger partial charge in [0.2, 0.25) is 0 Å². The molecule has 4 bridgehead atoms. The van der Waals surface area contributed by atoms with Gasteiger partial charge in [0.15, 0.2) is 13.2 Å². The highest BCUT2D eigenvalue weighted by Gasteiger charge is 2.65. The summed E-state index contributed by atoms with van der Waals surface area (Å²) in [6, 6.07) is 0. The highest BCUT2D eigenvalue weighted by molar-refractivity contribution is 7.87. The van der Waals surface area contributed by atoms with Gasteiger partial charge in [0.25, 0.3) is 20.2 Å². The molecule has 0 aromatic heterocycles. The zero-order chi connectivity index (χ0) is 32.0. The number of fused-ring (bicyclic) bond motifs is 2. The molecule has 6 rings (SSSR count). The van der Waals surface area contributed by atoms with E-state index in [1.54, 1.807) is 0 Å². The van der Waals surface area contributed by atoms with E-state index in [0.29, 0.717) is 19.3 Å². The molecule has 10 unspecified atom stereocenters. The zero-order valence-electron chi connectivity index (χ0n) is 23.4. The van der Waals surface area contributed by atoms with E-state index < -0.39 is 87.0 Å². The Balaban J connectivity index is 0.000000196. The summed E-state index contributed by atoms with van der Waals surface area (Å²) in [6.45, 7) is 8.47. The molecule has 2 N–H and O–H groups in total. The summed E-state index contributed by atoms with van der Waals surface area (Å²) in [4.78, 5) is 43.2. The molecule has 248 valence electrons. The van der Waals surface area contributed by atoms with Crippen molar-refractivity contribution < 1.29 is 68.8 Å². The van der Waals surface area contributed by atoms with Crippen LogP contribution in [0.4, 0.5) is 0 Å². The number of carboxylic acids is 1. The smallest absolute Gasteiger partial charge is 0.344 e. The summed E-state index contributed by atoms with van der Waals surface area (Å²) >= 11 is 0. The fraction of sp³-hybridized carbons (Fsp3) is 0.704. The second-order valence-electron chi connectivity index (χ2n) is 11.5. The fourth-order valence-electron chi connectivity index (χ4n) is 6.63. The molecule has 15 nitrogen and oxygen atoms in total. The van der Waals surface area contributed by atoms with Crippen LogP contribution in [0.1, 0.15) is 47.0 Å². The molecule has 4 saturated carbocycles. The van der Waals surface area contributed by atoms with Crippen molar-refractivity contribution in [2.24, 2.45) is 23.7 Å². The van der Waals surface area contributed by atoms with Gasteiger partial charge in [-0.3, -0.25) is 8.37 Å². The maximum Gasteiger partial charge on any atom is 0.344 e. The summed E-state index contributed by atoms with van der Waals surface area (Å²) in [5, 5.41) is 16.8. The first kappa shape index (κ1) is 35.6. The van der Waals surface area contributed by atoms with Crippen LogP contribution in [0.5, 0.6) is 0 Å². The Kier molecular flexibility index (Phi) is 10.7. The minimum atomic E-state index is -3.53. The lowest BCUT2D eigenvalue weighted by Crippen LogP contribution is -2.38. The predicted molar refractivity (Wildman–Crippen MR) is 149 cm³/mol. The summed E-state index contributed by atoms with van der Waals surface area (Å²) in [6.07, 6.45) is 0.479. The number of carboxylic acid groups (broad SMARTS) is 1. The Bertz CT molecular complexity index is 1420. The van der Waals surface area contributed by atoms with Crippen LogP contribution in [0.15, 0.2) is 24.3 Å². The van der Waals surface area contributed by atoms with Crippen LogP contribution in [0.2, 0.25) is 0 Å². The lowest BCUT2D eigenvalue weighted by Gasteiger charge is -2.24. The minimum absolute atomic E-state index is 0. The molecule has 0 aromatic rings. The number of carbonyl (C=O) groups excluding carboxylic acids is 3. The van der Waals surface area contributed by atoms with Crippen molar-refractivity contribution >= 4 is 44.1 Å². The molecular weight excluding hydrogens is 628 g/mol. The van der Waals surface area contributed by atoms with Crippen molar-refractivity contribution in [3.8, 4) is 0 Å². The number of hydrogen-bond donors (Lipinski definition) is 2. The number of aliphatic hydroxyl groups is 1. The van der Waals surface area contributed by atoms with Crippen LogP contribution in [-0.4, -0.2) is 99.1 Å². The third-order valence-corrected chi connectivity index (χ3v) is 12.0. The zero-order valence-corrected chi connectivity index (χ0v) is 25.1. The van der Waals surface area contributed by atoms with Crippen LogP contribution >= 0.6 is 0 Å². The Hall–Kier alpha value is -2.86. The lowest BCUT2D eigenvalue weighted by atomic mass is 9.94. The van der Waals surface area contributed by atoms with E-state index in [9.17, 15) is 41.1 Å². The SMILES string of the molecule is C.C=C(C)C(=O)OCC(=O)O.C=C(C)C(=O)OCC(=O)OC1C2CC3C1OS(=O)(=O)C3C2.O=S1(=O)OC2C(O)C3CC2C1C3. The molecule has 6 aliphatic rings. The largest absolute Gasteiger partial charge is 0.479 e. The Morgan fingerprint density at radius 3 is 1.70 bits per heavy atom. The molecule has 2 heterocycles. The molecule has 2 aliphatic heterocycles. The normalized spacial score (nSPS) is 36.4. The molecule has 0 spiro atoms. The van der Waals surface area contributed by atoms with Crippen LogP contribution in [-0.2, 0) is 62.0 Å². The van der Waals surface area contributed by atoms with Crippen LogP contribution in [0, 0.1) is 23.7 Å². The summed E-state index contributed by atoms with van der Waals surface area (Å²) in [7, 11) is -6.85. The first-order valence-electron chi connectivity index (χ1n) is 13.5. The molecule has 4 aliphatic carbocycles. The summed E-state index contributed by atoms with van der Waals surface area (Å²) < 4.78 is 70.2. The molecule has 17 heteroatoms. The number of carbonyl (C=O) groups is 4. The van der Waals surface area contributed by atoms with Crippen molar-refractivity contribution in [1.29, 1.82) is 0 Å². The number of rotatable bonds is 7. The van der Waals surface area contributed by atoms with E-state index in [1.807, 2.05) is 0 Å². The number of aliphatic carboxylic acids is 1. The molecule has 2 saturated heterocycles. The average Bonchev–Trinajstić information content (AvgIpc) is 3.72. The van der Waals surface area contributed by atoms with Crippen molar-refractivity contribution in [1.82, 2.24) is 0 Å². The molecule has 6 fully saturated rings. The second-order valence-corrected chi connectivity index (χ2v) is 15.1. The molecule has 0 aromatic carbocycles. The lowest BCUT2D eigenvalue weighted by molar-refractivity contribution is -0.165. The third-order valence-electron chi connectivity index (χ3n) is 8.47. The van der Waals surface area contributed by atoms with E-state index in [2.05, 4.69) is 17.9 Å². The van der Waals surface area contributed by atoms with Crippen molar-refractivity contribution in [2.45, 2.75) is 81.9 Å². The van der Waals surface area contributed by atoms with Gasteiger partial charge in [0, 0.05) is 28.9 Å². The maximum absolute atomic E-state index is 11.8. The van der Waals surface area contributed by atoms with E-state index in [-0.39, 0.29) is 47.5 Å². The predicted octanol–water partition coefficient (Wildman–Crippen LogP) is 0.465. The van der Waals surface area contributed by atoms with Gasteiger partial charge in [0.05, 0.1) is 16.6 Å². The van der Waals surface area contributed by atoms with Crippen LogP contribution in [0.25, 0.3) is 0 Å². The quantitative estimate of drug-likeness (QED) is 0.163. The Morgan fingerprint density at radius 1 is 0.773 bits per heavy atom. The van der Waals surface area contributed by atoms with Crippen molar-refractivity contribution in [3.05, 3.63) is 24.3 Å². The van der Waals surface area contributed by atoms with E-state index in [4.69, 9.17) is 22.9 Å². The second kappa shape index (κ2) is 13.2. The Morgan fingerprint density at radius 2 is 1.23 bits per heavy atom. The first-order chi connectivity index (χ1) is 19.9. The summed E-state index contributed by atoms with van der Waals surface area (Å²) in [5.74, 6) is -3.06. The number of ether oxygens (including phenoxy) is 3. The van der Waals surface area contributed by atoms with Crippen molar-refractivity contribution in [3.63, 3.8) is 0 Å². The van der Waals surface area contributed by atoms with Gasteiger partial charge >= 0.3 is 23.9 Å². The molecule has 0 radical (unpaired) electrons. The Labute approximate surface area is 255 Å². The van der Waals surface area contributed by atoms with E-state index in [1.165, 1.54) is 13.8 Å². The van der Waals surface area contributed by atoms with Gasteiger partial charge < -0.3 is 24.4 Å². The standard InChI is InChI=1S/C13H16O7S.C7H10O4S.C6H8O4.CH4/c1-6(2)13(15)18-5-10(14)19-11-7-3-8-9(4-7)21(16,17)20-12(8)11;8-6-3-1-4-5(2-3)12(9,10)11-7(4)6;1-4(2)6(9)10-3-5(7)8;/h7-9,11-12H,1,3-5H2,2H3;3-8H,1-2H2;1,3H2,2H3,(H,7,8);1H4. The van der Waals surface area contributed by atoms with Gasteiger partial charge in [0.1, 0.15) is 18.3 Å². The highest BCUT2D eigenvalue weighted by Crippen LogP contribution is 2.56. The maximum atomic E-state index is 11.8. The van der Waals surface area contributed by atoms with E-state index in [0.717, 1.165) is 6.42 Å². The molecule has 10 atom stereocenters. The van der Waals surface area contributed by atoms with Gasteiger partial charge in [-0.05, 0) is 45.4 Å². The van der Waals surface area contributed by atoms with Crippen molar-refractivity contribution in [2.75, 3.05) is 13.2 Å². The van der Waals surface area contributed by atoms with Gasteiger partial charge in [-0.25, -0.2) is 19.2 Å². The van der Waals surface area contributed by atoms with Gasteiger partial charge in [-0.15, -0.1) is 0 Å². The summed E-state index contributed by atoms with van der Waals surface area (Å²) in [5.41, 5.74) is 0.386. The molecule has 0 amide bonds. The average molecular weight is 667 g/mol. The monoisotopic (exact) mass is 666 g/mol. The van der Waals surface area contributed by atoms with Gasteiger partial charge in [-0.1, -0.05) is 20.6 Å². The topological polar surface area (TPSA) is 223 Å². The minimum Gasteiger partial charge on any atom is -0.479 e. The number of aliphatic hydroxyl groups excluding tert-OH is 1. The number of hydrogen-bond acceptors (Lipinski definition) is 14. The molecular formula is C27H38O15S2. The van der Waals surface area contributed by atoms with E-state index >= 15 is 0 Å². The molecule has 44 heavy (non-hydrogen) atoms. The highest BCUT2D eigenvalue weighted by atomic mass is 32.2. The fourth-order valence-corrected chi connectivity index (χ4v) is 10.4.